The second kappa shape index (κ2) is 6.75. The van der Waals surface area contributed by atoms with E-state index < -0.39 is 0 Å². The summed E-state index contributed by atoms with van der Waals surface area (Å²) in [5.41, 5.74) is 3.62. The van der Waals surface area contributed by atoms with Gasteiger partial charge in [0.25, 0.3) is 5.91 Å². The molecule has 0 saturated carbocycles. The number of hydrogen-bond acceptors (Lipinski definition) is 2. The minimum Gasteiger partial charge on any atom is -0.353 e. The van der Waals surface area contributed by atoms with Crippen molar-refractivity contribution in [3.8, 4) is 0 Å². The van der Waals surface area contributed by atoms with E-state index in [-0.39, 0.29) is 11.9 Å². The molecule has 0 spiro atoms. The number of nitrogens with zero attached hydrogens (tertiary/aromatic N) is 2. The van der Waals surface area contributed by atoms with Crippen LogP contribution in [-0.2, 0) is 19.9 Å². The Balaban J connectivity index is 1.68. The Hall–Kier alpha value is -1.55. The quantitative estimate of drug-likeness (QED) is 0.775. The van der Waals surface area contributed by atoms with E-state index in [9.17, 15) is 4.79 Å². The molecule has 2 aliphatic rings. The molecule has 0 N–H and O–H groups in total. The monoisotopic (exact) mass is 342 g/mol. The zero-order valence-electron chi connectivity index (χ0n) is 14.5. The summed E-state index contributed by atoms with van der Waals surface area (Å²) in [4.78, 5) is 17.0. The van der Waals surface area contributed by atoms with Crippen LogP contribution in [0.4, 0.5) is 0 Å². The SMILES string of the molecule is Cn1cccc1C1CCCCCN1C(=O)c1csc2c1CCCC2. The van der Waals surface area contributed by atoms with E-state index >= 15 is 0 Å². The minimum absolute atomic E-state index is 0.221. The number of carbonyl (C=O) groups excluding carboxylic acids is 1. The lowest BCUT2D eigenvalue weighted by atomic mass is 9.95. The van der Waals surface area contributed by atoms with Gasteiger partial charge in [-0.05, 0) is 56.2 Å². The number of aromatic nitrogens is 1. The normalized spacial score (nSPS) is 21.4. The van der Waals surface area contributed by atoms with E-state index in [1.54, 1.807) is 11.3 Å². The van der Waals surface area contributed by atoms with Gasteiger partial charge in [0.2, 0.25) is 0 Å². The fourth-order valence-corrected chi connectivity index (χ4v) is 5.43. The molecule has 0 bridgehead atoms. The van der Waals surface area contributed by atoms with Crippen LogP contribution >= 0.6 is 11.3 Å². The topological polar surface area (TPSA) is 25.2 Å². The van der Waals surface area contributed by atoms with Gasteiger partial charge in [0, 0.05) is 35.7 Å². The number of thiophene rings is 1. The van der Waals surface area contributed by atoms with Crippen molar-refractivity contribution >= 4 is 17.2 Å². The second-order valence-electron chi connectivity index (χ2n) is 7.17. The average molecular weight is 343 g/mol. The Morgan fingerprint density at radius 2 is 2.04 bits per heavy atom. The maximum atomic E-state index is 13.4. The van der Waals surface area contributed by atoms with E-state index in [1.165, 1.54) is 41.8 Å². The predicted molar refractivity (Wildman–Crippen MR) is 98.6 cm³/mol. The highest BCUT2D eigenvalue weighted by Crippen LogP contribution is 2.35. The molecular formula is C20H26N2OS. The lowest BCUT2D eigenvalue weighted by molar-refractivity contribution is 0.0674. The standard InChI is InChI=1S/C20H26N2OS/c1-21-12-7-10-17(21)18-9-3-2-6-13-22(18)20(23)16-14-24-19-11-5-4-8-15(16)19/h7,10,12,14,18H,2-6,8-9,11,13H2,1H3. The highest BCUT2D eigenvalue weighted by Gasteiger charge is 2.31. The first-order valence-electron chi connectivity index (χ1n) is 9.27. The first kappa shape index (κ1) is 15.9. The first-order chi connectivity index (χ1) is 11.8. The molecule has 4 heteroatoms. The van der Waals surface area contributed by atoms with E-state index in [4.69, 9.17) is 0 Å². The summed E-state index contributed by atoms with van der Waals surface area (Å²) in [6.45, 7) is 0.888. The molecule has 24 heavy (non-hydrogen) atoms. The van der Waals surface area contributed by atoms with Crippen molar-refractivity contribution in [1.82, 2.24) is 9.47 Å². The largest absolute Gasteiger partial charge is 0.353 e. The fraction of sp³-hybridized carbons (Fsp3) is 0.550. The zero-order chi connectivity index (χ0) is 16.5. The molecule has 2 aromatic rings. The molecule has 3 heterocycles. The van der Waals surface area contributed by atoms with Crippen LogP contribution in [0, 0.1) is 0 Å². The molecule has 4 rings (SSSR count). The van der Waals surface area contributed by atoms with Crippen LogP contribution in [0.2, 0.25) is 0 Å². The van der Waals surface area contributed by atoms with Gasteiger partial charge in [-0.1, -0.05) is 12.8 Å². The van der Waals surface area contributed by atoms with Gasteiger partial charge < -0.3 is 9.47 Å². The van der Waals surface area contributed by atoms with E-state index in [2.05, 4.69) is 40.2 Å². The molecule has 3 nitrogen and oxygen atoms in total. The number of aryl methyl sites for hydroxylation is 2. The molecule has 1 saturated heterocycles. The van der Waals surface area contributed by atoms with Crippen LogP contribution in [0.5, 0.6) is 0 Å². The van der Waals surface area contributed by atoms with Gasteiger partial charge in [0.05, 0.1) is 11.6 Å². The first-order valence-corrected chi connectivity index (χ1v) is 10.1. The summed E-state index contributed by atoms with van der Waals surface area (Å²) in [7, 11) is 2.09. The van der Waals surface area contributed by atoms with E-state index in [0.29, 0.717) is 0 Å². The summed E-state index contributed by atoms with van der Waals surface area (Å²) in [6.07, 6.45) is 11.5. The number of amides is 1. The molecule has 1 atom stereocenters. The Bertz CT molecular complexity index is 730. The molecule has 128 valence electrons. The van der Waals surface area contributed by atoms with Gasteiger partial charge in [0.15, 0.2) is 0 Å². The molecule has 1 unspecified atom stereocenters. The Labute approximate surface area is 148 Å². The summed E-state index contributed by atoms with van der Waals surface area (Å²) in [5, 5.41) is 2.13. The summed E-state index contributed by atoms with van der Waals surface area (Å²) in [6, 6.07) is 4.49. The number of rotatable bonds is 2. The third-order valence-corrected chi connectivity index (χ3v) is 6.72. The Morgan fingerprint density at radius 3 is 2.88 bits per heavy atom. The molecule has 2 aromatic heterocycles. The maximum absolute atomic E-state index is 13.4. The molecule has 0 aromatic carbocycles. The van der Waals surface area contributed by atoms with Gasteiger partial charge >= 0.3 is 0 Å². The fourth-order valence-electron chi connectivity index (χ4n) is 4.31. The van der Waals surface area contributed by atoms with Crippen LogP contribution in [0.1, 0.15) is 71.1 Å². The minimum atomic E-state index is 0.221. The van der Waals surface area contributed by atoms with Crippen molar-refractivity contribution in [3.63, 3.8) is 0 Å². The highest BCUT2D eigenvalue weighted by atomic mass is 32.1. The van der Waals surface area contributed by atoms with Crippen LogP contribution < -0.4 is 0 Å². The van der Waals surface area contributed by atoms with Crippen LogP contribution in [0.3, 0.4) is 0 Å². The smallest absolute Gasteiger partial charge is 0.255 e. The lowest BCUT2D eigenvalue weighted by Crippen LogP contribution is -2.36. The van der Waals surface area contributed by atoms with E-state index in [1.807, 2.05) is 0 Å². The number of carbonyl (C=O) groups is 1. The van der Waals surface area contributed by atoms with Crippen molar-refractivity contribution in [2.75, 3.05) is 6.54 Å². The van der Waals surface area contributed by atoms with Crippen LogP contribution in [0.15, 0.2) is 23.7 Å². The third kappa shape index (κ3) is 2.81. The molecule has 0 radical (unpaired) electrons. The third-order valence-electron chi connectivity index (χ3n) is 5.63. The van der Waals surface area contributed by atoms with E-state index in [0.717, 1.165) is 37.8 Å². The molecule has 1 aliphatic carbocycles. The van der Waals surface area contributed by atoms with Gasteiger partial charge in [0.1, 0.15) is 0 Å². The van der Waals surface area contributed by atoms with Crippen molar-refractivity contribution in [1.29, 1.82) is 0 Å². The molecule has 1 amide bonds. The summed E-state index contributed by atoms with van der Waals surface area (Å²) < 4.78 is 2.18. The maximum Gasteiger partial charge on any atom is 0.255 e. The summed E-state index contributed by atoms with van der Waals surface area (Å²) in [5.74, 6) is 0.266. The van der Waals surface area contributed by atoms with Crippen molar-refractivity contribution in [2.45, 2.75) is 57.4 Å². The number of likely N-dealkylation sites (tertiary alicyclic amines) is 1. The number of fused-ring (bicyclic) bond motifs is 1. The molecule has 1 aliphatic heterocycles. The molecule has 1 fully saturated rings. The zero-order valence-corrected chi connectivity index (χ0v) is 15.3. The molecular weight excluding hydrogens is 316 g/mol. The van der Waals surface area contributed by atoms with Gasteiger partial charge in [-0.3, -0.25) is 4.79 Å². The van der Waals surface area contributed by atoms with Gasteiger partial charge in [-0.25, -0.2) is 0 Å². The number of hydrogen-bond donors (Lipinski definition) is 0. The van der Waals surface area contributed by atoms with Gasteiger partial charge in [-0.2, -0.15) is 0 Å². The second-order valence-corrected chi connectivity index (χ2v) is 8.13. The highest BCUT2D eigenvalue weighted by molar-refractivity contribution is 7.10. The Morgan fingerprint density at radius 1 is 1.17 bits per heavy atom. The van der Waals surface area contributed by atoms with Crippen molar-refractivity contribution in [2.24, 2.45) is 7.05 Å². The summed E-state index contributed by atoms with van der Waals surface area (Å²) >= 11 is 1.80. The Kier molecular flexibility index (Phi) is 4.49. The lowest BCUT2D eigenvalue weighted by Gasteiger charge is -2.31. The predicted octanol–water partition coefficient (Wildman–Crippen LogP) is 4.72. The van der Waals surface area contributed by atoms with Crippen molar-refractivity contribution in [3.05, 3.63) is 45.4 Å². The van der Waals surface area contributed by atoms with Gasteiger partial charge in [-0.15, -0.1) is 11.3 Å². The average Bonchev–Trinajstić information content (AvgIpc) is 3.13. The van der Waals surface area contributed by atoms with Crippen molar-refractivity contribution < 1.29 is 4.79 Å². The van der Waals surface area contributed by atoms with Crippen LogP contribution in [-0.4, -0.2) is 21.9 Å². The van der Waals surface area contributed by atoms with Crippen LogP contribution in [0.25, 0.3) is 0 Å².